The molecule has 2 heteroatoms. The summed E-state index contributed by atoms with van der Waals surface area (Å²) in [6.45, 7) is 9.36. The summed E-state index contributed by atoms with van der Waals surface area (Å²) in [7, 11) is 0. The zero-order chi connectivity index (χ0) is 10.3. The van der Waals surface area contributed by atoms with Crippen LogP contribution in [0.1, 0.15) is 27.7 Å². The van der Waals surface area contributed by atoms with Gasteiger partial charge < -0.3 is 0 Å². The van der Waals surface area contributed by atoms with Crippen LogP contribution in [0.15, 0.2) is 10.9 Å². The number of hydrogen-bond acceptors (Lipinski definition) is 1. The average molecular weight is 246 g/mol. The number of hydrogen-bond donors (Lipinski definition) is 1. The number of aliphatic hydroxyl groups excluding tert-OH is 1. The quantitative estimate of drug-likeness (QED) is 0.714. The molecule has 0 amide bonds. The summed E-state index contributed by atoms with van der Waals surface area (Å²) in [5.74, 6) is 1.61. The van der Waals surface area contributed by atoms with Crippen molar-refractivity contribution in [3.63, 3.8) is 0 Å². The molecule has 0 bridgehead atoms. The van der Waals surface area contributed by atoms with Crippen LogP contribution in [-0.4, -0.2) is 26.4 Å². The minimum absolute atomic E-state index is 0.210. The first-order chi connectivity index (χ1) is 6.06. The first kappa shape index (κ1) is 13.3. The molecule has 0 spiro atoms. The number of aliphatic hydroxyl groups is 1. The first-order valence-electron chi connectivity index (χ1n) is 5.07. The van der Waals surface area contributed by atoms with E-state index < -0.39 is 14.7 Å². The molecule has 0 radical (unpaired) electrons. The maximum atomic E-state index is 8.72. The van der Waals surface area contributed by atoms with Crippen LogP contribution in [0.3, 0.4) is 0 Å². The fourth-order valence-electron chi connectivity index (χ4n) is 1.33. The van der Waals surface area contributed by atoms with Crippen molar-refractivity contribution in [2.24, 2.45) is 11.8 Å². The van der Waals surface area contributed by atoms with Crippen LogP contribution in [0.4, 0.5) is 0 Å². The van der Waals surface area contributed by atoms with Crippen molar-refractivity contribution in [1.82, 2.24) is 0 Å². The van der Waals surface area contributed by atoms with Crippen molar-refractivity contribution in [2.45, 2.75) is 38.1 Å². The molecule has 0 atom stereocenters. The zero-order valence-electron chi connectivity index (χ0n) is 9.33. The molecule has 1 N–H and O–H groups in total. The Bertz CT molecular complexity index is 131. The Balaban J connectivity index is 3.95. The average Bonchev–Trinajstić information content (AvgIpc) is 1.98. The molecular weight excluding hydrogens is 223 g/mol. The predicted molar refractivity (Wildman–Crippen MR) is 61.3 cm³/mol. The molecule has 0 aliphatic heterocycles. The fourth-order valence-corrected chi connectivity index (χ4v) is 6.91. The van der Waals surface area contributed by atoms with Gasteiger partial charge in [0.1, 0.15) is 0 Å². The SMILES string of the molecule is CC(C)C[As](/C=C/CO)CC(C)C. The van der Waals surface area contributed by atoms with E-state index in [2.05, 4.69) is 32.6 Å². The molecule has 0 aliphatic rings. The van der Waals surface area contributed by atoms with Crippen molar-refractivity contribution < 1.29 is 5.11 Å². The second-order valence-electron chi connectivity index (χ2n) is 4.31. The predicted octanol–water partition coefficient (Wildman–Crippen LogP) is 2.88. The van der Waals surface area contributed by atoms with E-state index in [1.165, 1.54) is 10.4 Å². The topological polar surface area (TPSA) is 20.2 Å². The van der Waals surface area contributed by atoms with Crippen LogP contribution in [0.25, 0.3) is 0 Å². The molecule has 0 aromatic carbocycles. The molecule has 0 aromatic rings. The molecule has 1 nitrogen and oxygen atoms in total. The summed E-state index contributed by atoms with van der Waals surface area (Å²) in [6, 6.07) is 0. The van der Waals surface area contributed by atoms with Gasteiger partial charge in [0.25, 0.3) is 0 Å². The maximum absolute atomic E-state index is 8.72. The van der Waals surface area contributed by atoms with Gasteiger partial charge in [-0.2, -0.15) is 0 Å². The van der Waals surface area contributed by atoms with Gasteiger partial charge in [0.15, 0.2) is 0 Å². The summed E-state index contributed by atoms with van der Waals surface area (Å²) < 4.78 is 0. The number of rotatable bonds is 6. The molecule has 13 heavy (non-hydrogen) atoms. The Kier molecular flexibility index (Phi) is 7.79. The van der Waals surface area contributed by atoms with E-state index in [1.54, 1.807) is 0 Å². The summed E-state index contributed by atoms with van der Waals surface area (Å²) in [5, 5.41) is 11.5. The summed E-state index contributed by atoms with van der Waals surface area (Å²) in [6.07, 6.45) is 1.94. The summed E-state index contributed by atoms with van der Waals surface area (Å²) >= 11 is -0.775. The van der Waals surface area contributed by atoms with Gasteiger partial charge in [-0.05, 0) is 0 Å². The van der Waals surface area contributed by atoms with Gasteiger partial charge in [-0.25, -0.2) is 0 Å². The Morgan fingerprint density at radius 2 is 1.54 bits per heavy atom. The third kappa shape index (κ3) is 8.58. The minimum atomic E-state index is -0.775. The molecule has 0 saturated carbocycles. The molecule has 0 unspecified atom stereocenters. The van der Waals surface area contributed by atoms with Crippen molar-refractivity contribution in [1.29, 1.82) is 0 Å². The molecule has 0 fully saturated rings. The Hall–Kier alpha value is 0.258. The zero-order valence-corrected chi connectivity index (χ0v) is 11.2. The molecule has 0 saturated heterocycles. The molecule has 0 heterocycles. The second-order valence-corrected chi connectivity index (χ2v) is 8.94. The fraction of sp³-hybridized carbons (Fsp3) is 0.818. The van der Waals surface area contributed by atoms with Crippen LogP contribution in [-0.2, 0) is 0 Å². The van der Waals surface area contributed by atoms with Crippen LogP contribution < -0.4 is 0 Å². The third-order valence-corrected chi connectivity index (χ3v) is 7.98. The second kappa shape index (κ2) is 7.64. The van der Waals surface area contributed by atoms with E-state index in [9.17, 15) is 0 Å². The van der Waals surface area contributed by atoms with E-state index >= 15 is 0 Å². The van der Waals surface area contributed by atoms with Crippen molar-refractivity contribution in [2.75, 3.05) is 6.61 Å². The molecule has 0 rings (SSSR count). The van der Waals surface area contributed by atoms with Crippen molar-refractivity contribution in [3.05, 3.63) is 10.9 Å². The van der Waals surface area contributed by atoms with Gasteiger partial charge in [0, 0.05) is 0 Å². The Labute approximate surface area is 87.5 Å². The van der Waals surface area contributed by atoms with Gasteiger partial charge in [-0.15, -0.1) is 0 Å². The van der Waals surface area contributed by atoms with Gasteiger partial charge in [0.2, 0.25) is 0 Å². The van der Waals surface area contributed by atoms with Crippen LogP contribution >= 0.6 is 0 Å². The van der Waals surface area contributed by atoms with E-state index in [-0.39, 0.29) is 6.61 Å². The van der Waals surface area contributed by atoms with Crippen molar-refractivity contribution >= 4 is 14.7 Å². The van der Waals surface area contributed by atoms with Gasteiger partial charge in [-0.1, -0.05) is 0 Å². The van der Waals surface area contributed by atoms with Gasteiger partial charge in [0.05, 0.1) is 0 Å². The van der Waals surface area contributed by atoms with Gasteiger partial charge in [-0.3, -0.25) is 0 Å². The summed E-state index contributed by atoms with van der Waals surface area (Å²) in [5.41, 5.74) is 0. The van der Waals surface area contributed by atoms with E-state index in [1.807, 2.05) is 6.08 Å². The third-order valence-electron chi connectivity index (χ3n) is 1.62. The molecule has 0 aliphatic carbocycles. The summed E-state index contributed by atoms with van der Waals surface area (Å²) in [4.78, 5) is 2.31. The van der Waals surface area contributed by atoms with Crippen LogP contribution in [0, 0.1) is 11.8 Å². The molecule has 0 aromatic heterocycles. The van der Waals surface area contributed by atoms with E-state index in [4.69, 9.17) is 5.11 Å². The normalized spacial score (nSPS) is 12.6. The molecular formula is C11H23AsO. The monoisotopic (exact) mass is 246 g/mol. The first-order valence-corrected chi connectivity index (χ1v) is 8.81. The Morgan fingerprint density at radius 1 is 1.08 bits per heavy atom. The van der Waals surface area contributed by atoms with E-state index in [0.29, 0.717) is 0 Å². The Morgan fingerprint density at radius 3 is 1.85 bits per heavy atom. The standard InChI is InChI=1S/C11H23AsO/c1-10(2)8-12(6-5-7-13)9-11(3)4/h5-6,10-11,13H,7-9H2,1-4H3/b6-5+. The van der Waals surface area contributed by atoms with Crippen LogP contribution in [0.2, 0.25) is 10.4 Å². The van der Waals surface area contributed by atoms with Gasteiger partial charge >= 0.3 is 87.3 Å². The molecule has 78 valence electrons. The van der Waals surface area contributed by atoms with Crippen LogP contribution in [0.5, 0.6) is 0 Å². The van der Waals surface area contributed by atoms with Crippen molar-refractivity contribution in [3.8, 4) is 0 Å². The van der Waals surface area contributed by atoms with E-state index in [0.717, 1.165) is 11.8 Å².